The number of Topliss-reactive ketones (excluding diaryl/α,β-unsaturated/α-hetero) is 1. The highest BCUT2D eigenvalue weighted by molar-refractivity contribution is 7.99. The van der Waals surface area contributed by atoms with E-state index in [9.17, 15) is 4.79 Å². The van der Waals surface area contributed by atoms with Gasteiger partial charge in [-0.15, -0.1) is 0 Å². The molecule has 6 rings (SSSR count). The fourth-order valence-electron chi connectivity index (χ4n) is 4.39. The Kier molecular flexibility index (Phi) is 3.89. The van der Waals surface area contributed by atoms with E-state index in [0.717, 1.165) is 62.5 Å². The van der Waals surface area contributed by atoms with Crippen molar-refractivity contribution in [3.8, 4) is 0 Å². The number of rotatable bonds is 3. The molecule has 2 aliphatic rings. The molecule has 1 aliphatic carbocycles. The van der Waals surface area contributed by atoms with E-state index in [4.69, 9.17) is 9.40 Å². The Labute approximate surface area is 176 Å². The molecular weight excluding hydrogens is 398 g/mol. The number of aryl methyl sites for hydroxylation is 1. The predicted octanol–water partition coefficient (Wildman–Crippen LogP) is 4.61. The molecule has 150 valence electrons. The molecule has 3 aromatic heterocycles. The molecule has 1 aliphatic heterocycles. The lowest BCUT2D eigenvalue weighted by Crippen LogP contribution is -2.26. The third-order valence-electron chi connectivity index (χ3n) is 5.83. The summed E-state index contributed by atoms with van der Waals surface area (Å²) in [7, 11) is 2.00. The van der Waals surface area contributed by atoms with E-state index in [2.05, 4.69) is 26.1 Å². The summed E-state index contributed by atoms with van der Waals surface area (Å²) in [5, 5.41) is 12.2. The summed E-state index contributed by atoms with van der Waals surface area (Å²) in [6, 6.07) is 12.0. The van der Waals surface area contributed by atoms with Gasteiger partial charge >= 0.3 is 0 Å². The summed E-state index contributed by atoms with van der Waals surface area (Å²) in [5.74, 6) is 1.54. The van der Waals surface area contributed by atoms with Gasteiger partial charge in [0.15, 0.2) is 16.0 Å². The highest BCUT2D eigenvalue weighted by Crippen LogP contribution is 2.45. The van der Waals surface area contributed by atoms with Crippen molar-refractivity contribution in [1.82, 2.24) is 19.7 Å². The number of fused-ring (bicyclic) bond motifs is 2. The molecule has 1 unspecified atom stereocenters. The van der Waals surface area contributed by atoms with Gasteiger partial charge in [0.05, 0.1) is 23.1 Å². The third-order valence-corrected chi connectivity index (χ3v) is 6.79. The maximum Gasteiger partial charge on any atom is 0.176 e. The summed E-state index contributed by atoms with van der Waals surface area (Å²) < 4.78 is 8.32. The van der Waals surface area contributed by atoms with E-state index in [1.807, 2.05) is 37.4 Å². The number of ketones is 1. The van der Waals surface area contributed by atoms with Crippen LogP contribution in [0.2, 0.25) is 0 Å². The number of benzene rings is 1. The summed E-state index contributed by atoms with van der Waals surface area (Å²) in [4.78, 5) is 17.5. The maximum atomic E-state index is 12.8. The van der Waals surface area contributed by atoms with Crippen molar-refractivity contribution < 1.29 is 9.21 Å². The molecule has 0 saturated carbocycles. The van der Waals surface area contributed by atoms with Crippen LogP contribution in [0.4, 0.5) is 5.82 Å². The number of aromatic nitrogens is 4. The molecule has 0 amide bonds. The predicted molar refractivity (Wildman–Crippen MR) is 113 cm³/mol. The fraction of sp³-hybridized carbons (Fsp3) is 0.227. The molecule has 0 saturated heterocycles. The van der Waals surface area contributed by atoms with Crippen LogP contribution in [-0.4, -0.2) is 25.5 Å². The molecule has 4 heterocycles. The van der Waals surface area contributed by atoms with Gasteiger partial charge in [0.1, 0.15) is 11.6 Å². The lowest BCUT2D eigenvalue weighted by Gasteiger charge is -2.30. The van der Waals surface area contributed by atoms with Crippen molar-refractivity contribution in [2.45, 2.75) is 35.4 Å². The second-order valence-corrected chi connectivity index (χ2v) is 8.60. The first-order valence-corrected chi connectivity index (χ1v) is 10.8. The number of aromatic amines is 1. The van der Waals surface area contributed by atoms with Gasteiger partial charge in [-0.05, 0) is 48.9 Å². The maximum absolute atomic E-state index is 12.8. The molecule has 1 aromatic carbocycles. The van der Waals surface area contributed by atoms with Crippen LogP contribution in [0.15, 0.2) is 68.5 Å². The minimum Gasteiger partial charge on any atom is -0.453 e. The zero-order valence-corrected chi connectivity index (χ0v) is 17.1. The molecule has 0 fully saturated rings. The Bertz CT molecular complexity index is 1330. The number of carbonyl (C=O) groups is 1. The molecule has 0 bridgehead atoms. The molecule has 4 aromatic rings. The lowest BCUT2D eigenvalue weighted by atomic mass is 9.79. The number of allylic oxidation sites excluding steroid dienone is 2. The largest absolute Gasteiger partial charge is 0.453 e. The Balaban J connectivity index is 1.38. The molecule has 2 N–H and O–H groups in total. The molecule has 1 atom stereocenters. The molecule has 7 nitrogen and oxygen atoms in total. The van der Waals surface area contributed by atoms with E-state index in [1.165, 1.54) is 11.8 Å². The average molecular weight is 417 g/mol. The number of nitrogens with zero attached hydrogens (tertiary/aromatic N) is 3. The van der Waals surface area contributed by atoms with E-state index < -0.39 is 0 Å². The number of hydrogen-bond acceptors (Lipinski definition) is 6. The van der Waals surface area contributed by atoms with Crippen molar-refractivity contribution in [2.24, 2.45) is 7.05 Å². The highest BCUT2D eigenvalue weighted by Gasteiger charge is 2.37. The van der Waals surface area contributed by atoms with E-state index >= 15 is 0 Å². The van der Waals surface area contributed by atoms with Crippen LogP contribution in [0.3, 0.4) is 0 Å². The van der Waals surface area contributed by atoms with Crippen molar-refractivity contribution in [3.05, 3.63) is 65.2 Å². The number of anilines is 1. The number of hydrogen-bond donors (Lipinski definition) is 2. The molecular formula is C22H19N5O2S. The zero-order chi connectivity index (χ0) is 20.2. The first kappa shape index (κ1) is 17.6. The van der Waals surface area contributed by atoms with Crippen LogP contribution in [0.1, 0.15) is 36.5 Å². The second kappa shape index (κ2) is 6.63. The Hall–Kier alpha value is -3.26. The Morgan fingerprint density at radius 2 is 2.10 bits per heavy atom. The van der Waals surface area contributed by atoms with Gasteiger partial charge in [0, 0.05) is 30.3 Å². The Morgan fingerprint density at radius 1 is 1.20 bits per heavy atom. The molecule has 30 heavy (non-hydrogen) atoms. The number of H-pyrrole nitrogens is 1. The van der Waals surface area contributed by atoms with Gasteiger partial charge in [-0.25, -0.2) is 4.98 Å². The quantitative estimate of drug-likeness (QED) is 0.506. The van der Waals surface area contributed by atoms with Crippen LogP contribution in [-0.2, 0) is 11.8 Å². The standard InChI is InChI=1S/C22H19N5O2S/c1-27-15-7-3-2-5-13(15)25-22(27)30-18-10-9-17(29-18)19-12-11-23-26-21(12)24-14-6-4-8-16(28)20(14)19/h2-3,5,7,9-11,19H,4,6,8H2,1H3,(H2,23,24,26). The summed E-state index contributed by atoms with van der Waals surface area (Å²) in [6.07, 6.45) is 4.08. The number of imidazole rings is 1. The normalized spacial score (nSPS) is 18.4. The number of furan rings is 1. The van der Waals surface area contributed by atoms with E-state index in [1.54, 1.807) is 6.20 Å². The summed E-state index contributed by atoms with van der Waals surface area (Å²) in [6.45, 7) is 0. The van der Waals surface area contributed by atoms with Crippen LogP contribution in [0.5, 0.6) is 0 Å². The summed E-state index contributed by atoms with van der Waals surface area (Å²) >= 11 is 1.48. The number of para-hydroxylation sites is 2. The molecule has 8 heteroatoms. The highest BCUT2D eigenvalue weighted by atomic mass is 32.2. The van der Waals surface area contributed by atoms with Crippen molar-refractivity contribution in [3.63, 3.8) is 0 Å². The molecule has 0 spiro atoms. The van der Waals surface area contributed by atoms with Gasteiger partial charge in [-0.3, -0.25) is 9.89 Å². The first-order valence-electron chi connectivity index (χ1n) is 9.94. The van der Waals surface area contributed by atoms with Gasteiger partial charge in [-0.2, -0.15) is 5.10 Å². The average Bonchev–Trinajstić information content (AvgIpc) is 3.47. The van der Waals surface area contributed by atoms with Gasteiger partial charge < -0.3 is 14.3 Å². The van der Waals surface area contributed by atoms with Crippen LogP contribution >= 0.6 is 11.8 Å². The summed E-state index contributed by atoms with van der Waals surface area (Å²) in [5.41, 5.74) is 4.77. The number of carbonyl (C=O) groups excluding carboxylic acids is 1. The minimum absolute atomic E-state index is 0.182. The van der Waals surface area contributed by atoms with Crippen LogP contribution in [0.25, 0.3) is 11.0 Å². The monoisotopic (exact) mass is 417 g/mol. The second-order valence-electron chi connectivity index (χ2n) is 7.63. The van der Waals surface area contributed by atoms with Gasteiger partial charge in [0.25, 0.3) is 0 Å². The molecule has 0 radical (unpaired) electrons. The van der Waals surface area contributed by atoms with Crippen LogP contribution in [0, 0.1) is 0 Å². The SMILES string of the molecule is Cn1c(Sc2ccc(C3C4=C(CCCC4=O)Nc4[nH]ncc43)o2)nc2ccccc21. The fourth-order valence-corrected chi connectivity index (χ4v) is 5.23. The number of nitrogens with one attached hydrogen (secondary N) is 2. The topological polar surface area (TPSA) is 88.7 Å². The zero-order valence-electron chi connectivity index (χ0n) is 16.3. The minimum atomic E-state index is -0.238. The smallest absolute Gasteiger partial charge is 0.176 e. The van der Waals surface area contributed by atoms with Crippen LogP contribution < -0.4 is 5.32 Å². The van der Waals surface area contributed by atoms with E-state index in [-0.39, 0.29) is 11.7 Å². The van der Waals surface area contributed by atoms with Crippen molar-refractivity contribution >= 4 is 34.4 Å². The van der Waals surface area contributed by atoms with E-state index in [0.29, 0.717) is 6.42 Å². The van der Waals surface area contributed by atoms with Gasteiger partial charge in [0.2, 0.25) is 0 Å². The van der Waals surface area contributed by atoms with Gasteiger partial charge in [-0.1, -0.05) is 12.1 Å². The first-order chi connectivity index (χ1) is 14.7. The third kappa shape index (κ3) is 2.64. The van der Waals surface area contributed by atoms with Crippen molar-refractivity contribution in [2.75, 3.05) is 5.32 Å². The van der Waals surface area contributed by atoms with Crippen molar-refractivity contribution in [1.29, 1.82) is 0 Å². The lowest BCUT2D eigenvalue weighted by molar-refractivity contribution is -0.116. The Morgan fingerprint density at radius 3 is 3.00 bits per heavy atom.